The number of nitrogens with zero attached hydrogens (tertiary/aromatic N) is 4. The molecule has 36 heavy (non-hydrogen) atoms. The Morgan fingerprint density at radius 1 is 1.00 bits per heavy atom. The van der Waals surface area contributed by atoms with Gasteiger partial charge < -0.3 is 9.72 Å². The van der Waals surface area contributed by atoms with Crippen LogP contribution in [-0.2, 0) is 4.74 Å². The smallest absolute Gasteiger partial charge is 0.158 e. The van der Waals surface area contributed by atoms with Crippen LogP contribution in [0.2, 0.25) is 0 Å². The Hall–Kier alpha value is -2.73. The maximum absolute atomic E-state index is 5.56. The second-order valence-corrected chi connectivity index (χ2v) is 11.5. The third kappa shape index (κ3) is 4.23. The second-order valence-electron chi connectivity index (χ2n) is 11.5. The molecule has 1 saturated carbocycles. The fourth-order valence-corrected chi connectivity index (χ4v) is 6.70. The van der Waals surface area contributed by atoms with Gasteiger partial charge in [-0.3, -0.25) is 4.98 Å². The molecule has 0 radical (unpaired) electrons. The van der Waals surface area contributed by atoms with Crippen LogP contribution in [-0.4, -0.2) is 37.8 Å². The van der Waals surface area contributed by atoms with E-state index in [0.29, 0.717) is 11.8 Å². The Morgan fingerprint density at radius 3 is 2.50 bits per heavy atom. The molecule has 2 fully saturated rings. The minimum atomic E-state index is 0.359. The van der Waals surface area contributed by atoms with E-state index in [-0.39, 0.29) is 0 Å². The zero-order valence-corrected chi connectivity index (χ0v) is 22.2. The number of hydrogen-bond donors (Lipinski definition) is 1. The fourth-order valence-electron chi connectivity index (χ4n) is 6.70. The Kier molecular flexibility index (Phi) is 6.32. The van der Waals surface area contributed by atoms with Crippen molar-refractivity contribution in [3.8, 4) is 11.3 Å². The normalized spacial score (nSPS) is 21.7. The van der Waals surface area contributed by atoms with E-state index >= 15 is 0 Å². The van der Waals surface area contributed by atoms with Crippen molar-refractivity contribution in [2.75, 3.05) is 13.2 Å². The van der Waals surface area contributed by atoms with Gasteiger partial charge in [0.25, 0.3) is 0 Å². The number of hydrogen-bond acceptors (Lipinski definition) is 4. The summed E-state index contributed by atoms with van der Waals surface area (Å²) in [5, 5.41) is 4.42. The molecular formula is C30H39N5O. The van der Waals surface area contributed by atoms with Gasteiger partial charge in [0.1, 0.15) is 6.33 Å². The van der Waals surface area contributed by atoms with Gasteiger partial charge in [0, 0.05) is 42.1 Å². The van der Waals surface area contributed by atoms with Crippen LogP contribution in [0.1, 0.15) is 93.0 Å². The van der Waals surface area contributed by atoms with Crippen molar-refractivity contribution < 1.29 is 4.74 Å². The Morgan fingerprint density at radius 2 is 1.75 bits per heavy atom. The van der Waals surface area contributed by atoms with Gasteiger partial charge in [0.05, 0.1) is 16.7 Å². The lowest BCUT2D eigenvalue weighted by atomic mass is 9.75. The van der Waals surface area contributed by atoms with Gasteiger partial charge in [0.2, 0.25) is 0 Å². The lowest BCUT2D eigenvalue weighted by Gasteiger charge is -2.32. The van der Waals surface area contributed by atoms with Crippen molar-refractivity contribution in [3.05, 3.63) is 47.0 Å². The van der Waals surface area contributed by atoms with Crippen LogP contribution in [0.5, 0.6) is 0 Å². The van der Waals surface area contributed by atoms with E-state index in [4.69, 9.17) is 9.72 Å². The van der Waals surface area contributed by atoms with Gasteiger partial charge in [-0.1, -0.05) is 13.8 Å². The largest absolute Gasteiger partial charge is 0.381 e. The van der Waals surface area contributed by atoms with Gasteiger partial charge in [0.15, 0.2) is 5.65 Å². The summed E-state index contributed by atoms with van der Waals surface area (Å²) < 4.78 is 7.46. The zero-order valence-electron chi connectivity index (χ0n) is 22.2. The highest BCUT2D eigenvalue weighted by atomic mass is 16.5. The Bertz CT molecular complexity index is 1370. The number of nitrogens with one attached hydrogen (secondary N) is 1. The minimum absolute atomic E-state index is 0.359. The average Bonchev–Trinajstić information content (AvgIpc) is 3.51. The molecule has 6 nitrogen and oxygen atoms in total. The summed E-state index contributed by atoms with van der Waals surface area (Å²) in [5.74, 6) is 2.70. The first-order chi connectivity index (χ1) is 17.5. The number of fused-ring (bicyclic) bond motifs is 2. The molecule has 1 N–H and O–H groups in total. The molecule has 0 aromatic carbocycles. The lowest BCUT2D eigenvalue weighted by Crippen LogP contribution is -2.21. The summed E-state index contributed by atoms with van der Waals surface area (Å²) in [4.78, 5) is 13.5. The SMILES string of the molecule is Cc1c(-c2[nH]c3ccc(C4CCC(CC5CCOCC5)CC4)nc3c2C(C)C)cn2ncnc2c1C. The van der Waals surface area contributed by atoms with E-state index < -0.39 is 0 Å². The summed E-state index contributed by atoms with van der Waals surface area (Å²) in [6.07, 6.45) is 12.9. The summed E-state index contributed by atoms with van der Waals surface area (Å²) in [7, 11) is 0. The van der Waals surface area contributed by atoms with E-state index in [1.807, 2.05) is 4.52 Å². The maximum Gasteiger partial charge on any atom is 0.158 e. The van der Waals surface area contributed by atoms with E-state index in [1.54, 1.807) is 6.33 Å². The number of aromatic amines is 1. The molecule has 5 heterocycles. The van der Waals surface area contributed by atoms with E-state index in [1.165, 1.54) is 78.6 Å². The first kappa shape index (κ1) is 23.7. The number of pyridine rings is 2. The Balaban J connectivity index is 1.29. The molecule has 0 spiro atoms. The standard InChI is InChI=1S/C30H39N5O/c1-18(2)27-28(24-16-35-30(31-17-32-35)20(4)19(24)3)34-26-10-9-25(33-29(26)27)23-7-5-21(6-8-23)15-22-11-13-36-14-12-22/h9-10,16-18,21-23,34H,5-8,11-15H2,1-4H3. The third-order valence-electron chi connectivity index (χ3n) is 8.95. The van der Waals surface area contributed by atoms with Crippen molar-refractivity contribution in [3.63, 3.8) is 0 Å². The highest BCUT2D eigenvalue weighted by Gasteiger charge is 2.27. The van der Waals surface area contributed by atoms with Crippen molar-refractivity contribution in [2.45, 2.75) is 84.5 Å². The lowest BCUT2D eigenvalue weighted by molar-refractivity contribution is 0.0558. The van der Waals surface area contributed by atoms with E-state index in [9.17, 15) is 0 Å². The van der Waals surface area contributed by atoms with Crippen LogP contribution in [0.25, 0.3) is 27.9 Å². The van der Waals surface area contributed by atoms with Gasteiger partial charge in [-0.25, -0.2) is 9.50 Å². The average molecular weight is 486 g/mol. The van der Waals surface area contributed by atoms with Crippen LogP contribution in [0.15, 0.2) is 24.7 Å². The molecule has 1 saturated heterocycles. The highest BCUT2D eigenvalue weighted by molar-refractivity contribution is 5.89. The van der Waals surface area contributed by atoms with Crippen molar-refractivity contribution in [1.82, 2.24) is 24.6 Å². The number of H-pyrrole nitrogens is 1. The molecule has 190 valence electrons. The molecule has 6 rings (SSSR count). The van der Waals surface area contributed by atoms with Crippen LogP contribution >= 0.6 is 0 Å². The van der Waals surface area contributed by atoms with Crippen molar-refractivity contribution in [1.29, 1.82) is 0 Å². The van der Waals surface area contributed by atoms with Gasteiger partial charge in [-0.05, 0) is 99.8 Å². The predicted molar refractivity (Wildman–Crippen MR) is 144 cm³/mol. The highest BCUT2D eigenvalue weighted by Crippen LogP contribution is 2.41. The molecule has 0 bridgehead atoms. The van der Waals surface area contributed by atoms with Crippen molar-refractivity contribution in [2.24, 2.45) is 11.8 Å². The number of rotatable bonds is 5. The van der Waals surface area contributed by atoms with Crippen LogP contribution < -0.4 is 0 Å². The molecule has 6 heteroatoms. The zero-order chi connectivity index (χ0) is 24.8. The maximum atomic E-state index is 5.56. The Labute approximate surface area is 213 Å². The van der Waals surface area contributed by atoms with Gasteiger partial charge in [-0.15, -0.1) is 0 Å². The molecule has 1 aliphatic heterocycles. The summed E-state index contributed by atoms with van der Waals surface area (Å²) in [5.41, 5.74) is 10.5. The summed E-state index contributed by atoms with van der Waals surface area (Å²) in [6, 6.07) is 4.53. The minimum Gasteiger partial charge on any atom is -0.381 e. The summed E-state index contributed by atoms with van der Waals surface area (Å²) in [6.45, 7) is 10.8. The van der Waals surface area contributed by atoms with Crippen LogP contribution in [0.3, 0.4) is 0 Å². The molecule has 4 aromatic heterocycles. The molecule has 0 amide bonds. The first-order valence-corrected chi connectivity index (χ1v) is 13.9. The number of ether oxygens (including phenoxy) is 1. The van der Waals surface area contributed by atoms with E-state index in [0.717, 1.165) is 41.7 Å². The van der Waals surface area contributed by atoms with Crippen LogP contribution in [0, 0.1) is 25.7 Å². The predicted octanol–water partition coefficient (Wildman–Crippen LogP) is 7.10. The molecule has 0 unspecified atom stereocenters. The van der Waals surface area contributed by atoms with Crippen LogP contribution in [0.4, 0.5) is 0 Å². The monoisotopic (exact) mass is 485 g/mol. The third-order valence-corrected chi connectivity index (χ3v) is 8.95. The summed E-state index contributed by atoms with van der Waals surface area (Å²) >= 11 is 0. The van der Waals surface area contributed by atoms with E-state index in [2.05, 4.69) is 61.1 Å². The molecular weight excluding hydrogens is 446 g/mol. The second kappa shape index (κ2) is 9.62. The molecule has 2 aliphatic rings. The van der Waals surface area contributed by atoms with Gasteiger partial charge >= 0.3 is 0 Å². The molecule has 0 atom stereocenters. The molecule has 4 aromatic rings. The first-order valence-electron chi connectivity index (χ1n) is 13.9. The molecule has 1 aliphatic carbocycles. The number of aromatic nitrogens is 5. The quantitative estimate of drug-likeness (QED) is 0.327. The topological polar surface area (TPSA) is 68.1 Å². The van der Waals surface area contributed by atoms with Crippen molar-refractivity contribution >= 4 is 16.7 Å². The van der Waals surface area contributed by atoms with Gasteiger partial charge in [-0.2, -0.15) is 5.10 Å². The fraction of sp³-hybridized carbons (Fsp3) is 0.567. The number of aryl methyl sites for hydroxylation is 1.